The molecule has 3 aromatic rings. The first-order valence-electron chi connectivity index (χ1n) is 9.53. The molecule has 9 nitrogen and oxygen atoms in total. The van der Waals surface area contributed by atoms with E-state index in [1.54, 1.807) is 0 Å². The molecule has 3 N–H and O–H groups in total. The number of fused-ring (bicyclic) bond motifs is 1. The van der Waals surface area contributed by atoms with E-state index in [1.165, 1.54) is 18.9 Å². The number of nitrogen functional groups attached to an aromatic ring is 1. The molecule has 0 atom stereocenters. The number of H-pyrrole nitrogens is 1. The van der Waals surface area contributed by atoms with Crippen molar-refractivity contribution in [1.29, 1.82) is 0 Å². The van der Waals surface area contributed by atoms with Gasteiger partial charge in [0, 0.05) is 18.4 Å². The zero-order valence-corrected chi connectivity index (χ0v) is 17.2. The van der Waals surface area contributed by atoms with Crippen molar-refractivity contribution < 1.29 is 9.53 Å². The predicted molar refractivity (Wildman–Crippen MR) is 114 cm³/mol. The molecule has 1 aliphatic rings. The van der Waals surface area contributed by atoms with Crippen molar-refractivity contribution in [3.8, 4) is 0 Å². The first kappa shape index (κ1) is 20.3. The number of nitrogens with one attached hydrogen (secondary N) is 1. The number of nitrogens with two attached hydrogens (primary N) is 1. The Morgan fingerprint density at radius 3 is 2.80 bits per heavy atom. The van der Waals surface area contributed by atoms with Gasteiger partial charge in [0.05, 0.1) is 24.4 Å². The molecule has 2 aromatic heterocycles. The van der Waals surface area contributed by atoms with E-state index in [1.807, 2.05) is 24.3 Å². The summed E-state index contributed by atoms with van der Waals surface area (Å²) < 4.78 is 6.09. The molecule has 0 aliphatic heterocycles. The molecular formula is C20H21N5O4S. The van der Waals surface area contributed by atoms with E-state index in [2.05, 4.69) is 15.0 Å². The zero-order valence-electron chi connectivity index (χ0n) is 16.4. The average molecular weight is 427 g/mol. The number of thioether (sulfide) groups is 1. The van der Waals surface area contributed by atoms with Crippen molar-refractivity contribution >= 4 is 34.3 Å². The van der Waals surface area contributed by atoms with Crippen LogP contribution in [-0.4, -0.2) is 44.8 Å². The number of methoxy groups -OCH3 is 1. The molecule has 156 valence electrons. The smallest absolute Gasteiger partial charge is 0.330 e. The maximum atomic E-state index is 12.9. The van der Waals surface area contributed by atoms with E-state index in [-0.39, 0.29) is 30.3 Å². The van der Waals surface area contributed by atoms with Crippen molar-refractivity contribution in [3.05, 3.63) is 56.5 Å². The van der Waals surface area contributed by atoms with E-state index >= 15 is 0 Å². The SMILES string of the molecule is COCCn1c(N)c(C(=O)CSc2nc(C3CC3)nc3ccccc23)c(=O)[nH]c1=O. The molecular weight excluding hydrogens is 406 g/mol. The number of Topliss-reactive ketones (excluding diaryl/α,β-unsaturated/α-hetero) is 1. The minimum Gasteiger partial charge on any atom is -0.384 e. The normalized spacial score (nSPS) is 13.6. The Kier molecular flexibility index (Phi) is 5.69. The van der Waals surface area contributed by atoms with E-state index in [0.29, 0.717) is 10.9 Å². The van der Waals surface area contributed by atoms with Crippen LogP contribution in [0.3, 0.4) is 0 Å². The third-order valence-corrected chi connectivity index (χ3v) is 5.90. The number of hydrogen-bond donors (Lipinski definition) is 2. The van der Waals surface area contributed by atoms with Gasteiger partial charge in [0.25, 0.3) is 5.56 Å². The molecule has 30 heavy (non-hydrogen) atoms. The summed E-state index contributed by atoms with van der Waals surface area (Å²) in [4.78, 5) is 48.6. The predicted octanol–water partition coefficient (Wildman–Crippen LogP) is 1.56. The Labute approximate surface area is 175 Å². The van der Waals surface area contributed by atoms with Gasteiger partial charge >= 0.3 is 5.69 Å². The Balaban J connectivity index is 1.63. The van der Waals surface area contributed by atoms with Crippen LogP contribution in [-0.2, 0) is 11.3 Å². The Hall–Kier alpha value is -2.98. The molecule has 0 radical (unpaired) electrons. The van der Waals surface area contributed by atoms with E-state index in [0.717, 1.165) is 34.1 Å². The lowest BCUT2D eigenvalue weighted by Crippen LogP contribution is -2.37. The van der Waals surface area contributed by atoms with Crippen LogP contribution in [0.4, 0.5) is 5.82 Å². The highest BCUT2D eigenvalue weighted by molar-refractivity contribution is 8.00. The number of para-hydroxylation sites is 1. The van der Waals surface area contributed by atoms with Crippen molar-refractivity contribution in [3.63, 3.8) is 0 Å². The van der Waals surface area contributed by atoms with Gasteiger partial charge in [-0.1, -0.05) is 30.0 Å². The van der Waals surface area contributed by atoms with Gasteiger partial charge < -0.3 is 10.5 Å². The molecule has 1 saturated carbocycles. The van der Waals surface area contributed by atoms with Crippen LogP contribution in [0, 0.1) is 0 Å². The molecule has 4 rings (SSSR count). The molecule has 1 aromatic carbocycles. The van der Waals surface area contributed by atoms with Crippen LogP contribution in [0.2, 0.25) is 0 Å². The minimum absolute atomic E-state index is 0.0408. The molecule has 10 heteroatoms. The van der Waals surface area contributed by atoms with Crippen molar-refractivity contribution in [2.75, 3.05) is 25.2 Å². The van der Waals surface area contributed by atoms with Crippen molar-refractivity contribution in [2.45, 2.75) is 30.3 Å². The topological polar surface area (TPSA) is 133 Å². The van der Waals surface area contributed by atoms with Gasteiger partial charge in [-0.25, -0.2) is 14.8 Å². The molecule has 0 unspecified atom stereocenters. The van der Waals surface area contributed by atoms with Gasteiger partial charge in [0.2, 0.25) is 0 Å². The Morgan fingerprint density at radius 1 is 1.30 bits per heavy atom. The van der Waals surface area contributed by atoms with Crippen LogP contribution in [0.25, 0.3) is 10.9 Å². The highest BCUT2D eigenvalue weighted by Gasteiger charge is 2.28. The minimum atomic E-state index is -0.789. The number of hydrogen-bond acceptors (Lipinski definition) is 8. The molecule has 0 bridgehead atoms. The summed E-state index contributed by atoms with van der Waals surface area (Å²) in [6.45, 7) is 0.349. The second kappa shape index (κ2) is 8.41. The van der Waals surface area contributed by atoms with E-state index < -0.39 is 17.0 Å². The quantitative estimate of drug-likeness (QED) is 0.314. The fourth-order valence-electron chi connectivity index (χ4n) is 3.17. The first-order chi connectivity index (χ1) is 14.5. The van der Waals surface area contributed by atoms with E-state index in [4.69, 9.17) is 10.5 Å². The van der Waals surface area contributed by atoms with Crippen molar-refractivity contribution in [2.24, 2.45) is 0 Å². The summed E-state index contributed by atoms with van der Waals surface area (Å²) in [5, 5.41) is 1.55. The number of ether oxygens (including phenoxy) is 1. The number of ketones is 1. The number of carbonyl (C=O) groups is 1. The van der Waals surface area contributed by atoms with Crippen LogP contribution in [0.5, 0.6) is 0 Å². The maximum absolute atomic E-state index is 12.9. The molecule has 0 spiro atoms. The van der Waals surface area contributed by atoms with Gasteiger partial charge in [0.1, 0.15) is 22.2 Å². The van der Waals surface area contributed by atoms with Crippen molar-refractivity contribution in [1.82, 2.24) is 19.5 Å². The number of benzene rings is 1. The second-order valence-corrected chi connectivity index (χ2v) is 8.02. The largest absolute Gasteiger partial charge is 0.384 e. The third-order valence-electron chi connectivity index (χ3n) is 4.91. The number of rotatable bonds is 8. The van der Waals surface area contributed by atoms with Gasteiger partial charge in [-0.2, -0.15) is 0 Å². The molecule has 2 heterocycles. The average Bonchev–Trinajstić information content (AvgIpc) is 3.57. The van der Waals surface area contributed by atoms with Gasteiger partial charge in [-0.15, -0.1) is 0 Å². The highest BCUT2D eigenvalue weighted by Crippen LogP contribution is 2.39. The summed E-state index contributed by atoms with van der Waals surface area (Å²) in [6.07, 6.45) is 2.13. The molecule has 1 aliphatic carbocycles. The van der Waals surface area contributed by atoms with E-state index in [9.17, 15) is 14.4 Å². The third kappa shape index (κ3) is 4.01. The number of carbonyl (C=O) groups excluding carboxylic acids is 1. The van der Waals surface area contributed by atoms with Crippen LogP contribution in [0.1, 0.15) is 34.9 Å². The summed E-state index contributed by atoms with van der Waals surface area (Å²) >= 11 is 1.24. The zero-order chi connectivity index (χ0) is 21.3. The highest BCUT2D eigenvalue weighted by atomic mass is 32.2. The summed E-state index contributed by atoms with van der Waals surface area (Å²) in [5.41, 5.74) is 5.13. The number of anilines is 1. The number of aromatic nitrogens is 4. The lowest BCUT2D eigenvalue weighted by Gasteiger charge is -2.12. The number of nitrogens with zero attached hydrogens (tertiary/aromatic N) is 3. The second-order valence-electron chi connectivity index (χ2n) is 7.05. The number of aromatic amines is 1. The molecule has 1 fully saturated rings. The monoisotopic (exact) mass is 427 g/mol. The summed E-state index contributed by atoms with van der Waals surface area (Å²) in [5.74, 6) is 0.487. The fourth-order valence-corrected chi connectivity index (χ4v) is 4.07. The first-order valence-corrected chi connectivity index (χ1v) is 10.5. The maximum Gasteiger partial charge on any atom is 0.330 e. The lowest BCUT2D eigenvalue weighted by atomic mass is 10.2. The van der Waals surface area contributed by atoms with Gasteiger partial charge in [-0.3, -0.25) is 19.1 Å². The molecule has 0 amide bonds. The lowest BCUT2D eigenvalue weighted by molar-refractivity contribution is 0.102. The standard InChI is InChI=1S/C20H21N5O4S/c1-29-9-8-25-16(21)15(18(27)24-20(25)28)14(26)10-30-19-12-4-2-3-5-13(12)22-17(23-19)11-6-7-11/h2-5,11H,6-10,21H2,1H3,(H,24,27,28). The molecule has 0 saturated heterocycles. The van der Waals surface area contributed by atoms with Crippen LogP contribution < -0.4 is 17.0 Å². The van der Waals surface area contributed by atoms with Gasteiger partial charge in [-0.05, 0) is 18.9 Å². The van der Waals surface area contributed by atoms with Gasteiger partial charge in [0.15, 0.2) is 5.78 Å². The summed E-state index contributed by atoms with van der Waals surface area (Å²) in [6, 6.07) is 7.63. The Bertz CT molecular complexity index is 1230. The van der Waals surface area contributed by atoms with Crippen LogP contribution >= 0.6 is 11.8 Å². The fraction of sp³-hybridized carbons (Fsp3) is 0.350. The summed E-state index contributed by atoms with van der Waals surface area (Å²) in [7, 11) is 1.48. The van der Waals surface area contributed by atoms with Crippen LogP contribution in [0.15, 0.2) is 38.9 Å². The Morgan fingerprint density at radius 2 is 2.07 bits per heavy atom.